The summed E-state index contributed by atoms with van der Waals surface area (Å²) in [6, 6.07) is 0.879. The average Bonchev–Trinajstić information content (AvgIpc) is 3.10. The van der Waals surface area contributed by atoms with Crippen molar-refractivity contribution in [1.29, 1.82) is 0 Å². The molecule has 1 aliphatic heterocycles. The molecule has 1 saturated heterocycles. The lowest BCUT2D eigenvalue weighted by Crippen LogP contribution is -2.50. The lowest BCUT2D eigenvalue weighted by Gasteiger charge is -2.40. The maximum atomic E-state index is 12.0. The van der Waals surface area contributed by atoms with Crippen LogP contribution in [0, 0.1) is 5.92 Å². The zero-order valence-corrected chi connectivity index (χ0v) is 11.7. The Kier molecular flexibility index (Phi) is 4.08. The molecule has 4 heteroatoms. The Balaban J connectivity index is 1.58. The van der Waals surface area contributed by atoms with Crippen LogP contribution >= 0.6 is 0 Å². The number of aliphatic hydroxyl groups is 1. The minimum Gasteiger partial charge on any atom is -0.393 e. The lowest BCUT2D eigenvalue weighted by atomic mass is 9.88. The number of likely N-dealkylation sites (tertiary alicyclic amines) is 1. The van der Waals surface area contributed by atoms with Crippen molar-refractivity contribution < 1.29 is 9.90 Å². The van der Waals surface area contributed by atoms with Crippen molar-refractivity contribution in [3.05, 3.63) is 0 Å². The van der Waals surface area contributed by atoms with Crippen LogP contribution in [0.25, 0.3) is 0 Å². The second-order valence-corrected chi connectivity index (χ2v) is 6.54. The Hall–Kier alpha value is -0.610. The Labute approximate surface area is 115 Å². The molecule has 4 nitrogen and oxygen atoms in total. The topological polar surface area (TPSA) is 52.6 Å². The van der Waals surface area contributed by atoms with Crippen LogP contribution in [0.2, 0.25) is 0 Å². The van der Waals surface area contributed by atoms with Crippen molar-refractivity contribution in [2.45, 2.75) is 69.6 Å². The number of hydrogen-bond donors (Lipinski definition) is 2. The fourth-order valence-corrected chi connectivity index (χ4v) is 3.80. The smallest absolute Gasteiger partial charge is 0.234 e. The molecule has 1 heterocycles. The number of carbonyl (C=O) groups excluding carboxylic acids is 1. The molecular weight excluding hydrogens is 240 g/mol. The summed E-state index contributed by atoms with van der Waals surface area (Å²) >= 11 is 0. The number of nitrogens with zero attached hydrogens (tertiary/aromatic N) is 1. The number of amides is 1. The molecule has 2 saturated carbocycles. The monoisotopic (exact) mass is 266 g/mol. The molecule has 2 N–H and O–H groups in total. The van der Waals surface area contributed by atoms with Gasteiger partial charge in [-0.15, -0.1) is 0 Å². The third-order valence-corrected chi connectivity index (χ3v) is 4.98. The molecule has 0 spiro atoms. The highest BCUT2D eigenvalue weighted by Crippen LogP contribution is 2.35. The van der Waals surface area contributed by atoms with E-state index in [1.54, 1.807) is 0 Å². The highest BCUT2D eigenvalue weighted by atomic mass is 16.3. The van der Waals surface area contributed by atoms with Crippen LogP contribution < -0.4 is 5.32 Å². The third kappa shape index (κ3) is 3.29. The zero-order valence-electron chi connectivity index (χ0n) is 11.7. The van der Waals surface area contributed by atoms with E-state index in [-0.39, 0.29) is 12.0 Å². The van der Waals surface area contributed by atoms with E-state index in [1.807, 2.05) is 0 Å². The van der Waals surface area contributed by atoms with Crippen LogP contribution in [0.1, 0.15) is 51.4 Å². The predicted molar refractivity (Wildman–Crippen MR) is 73.7 cm³/mol. The van der Waals surface area contributed by atoms with Gasteiger partial charge >= 0.3 is 0 Å². The molecule has 0 aromatic carbocycles. The third-order valence-electron chi connectivity index (χ3n) is 4.98. The molecule has 108 valence electrons. The first-order valence-corrected chi connectivity index (χ1v) is 7.95. The van der Waals surface area contributed by atoms with Gasteiger partial charge in [0, 0.05) is 18.0 Å². The number of carbonyl (C=O) groups is 1. The molecular formula is C15H26N2O2. The predicted octanol–water partition coefficient (Wildman–Crippen LogP) is 1.28. The van der Waals surface area contributed by atoms with Crippen LogP contribution in [0.4, 0.5) is 0 Å². The Morgan fingerprint density at radius 2 is 1.95 bits per heavy atom. The Morgan fingerprint density at radius 3 is 2.63 bits per heavy atom. The summed E-state index contributed by atoms with van der Waals surface area (Å²) < 4.78 is 0. The molecule has 0 aromatic rings. The highest BCUT2D eigenvalue weighted by Gasteiger charge is 2.37. The first kappa shape index (κ1) is 13.4. The molecule has 0 radical (unpaired) electrons. The van der Waals surface area contributed by atoms with Crippen molar-refractivity contribution in [1.82, 2.24) is 10.2 Å². The first-order valence-electron chi connectivity index (χ1n) is 7.95. The summed E-state index contributed by atoms with van der Waals surface area (Å²) in [6.45, 7) is 1.55. The van der Waals surface area contributed by atoms with Crippen LogP contribution in [0.3, 0.4) is 0 Å². The van der Waals surface area contributed by atoms with Gasteiger partial charge in [0.1, 0.15) is 0 Å². The average molecular weight is 266 g/mol. The standard InChI is InChI=1S/C15H26N2O2/c18-14-6-3-4-12(14)13-5-1-2-9-17(13)10-15(19)16-11-7-8-11/h11-14,18H,1-10H2,(H,16,19). The van der Waals surface area contributed by atoms with Gasteiger partial charge in [-0.3, -0.25) is 9.69 Å². The molecule has 0 aromatic heterocycles. The maximum absolute atomic E-state index is 12.0. The van der Waals surface area contributed by atoms with E-state index in [4.69, 9.17) is 0 Å². The summed E-state index contributed by atoms with van der Waals surface area (Å²) in [5.74, 6) is 0.580. The Bertz CT molecular complexity index is 330. The van der Waals surface area contributed by atoms with E-state index >= 15 is 0 Å². The SMILES string of the molecule is O=C(CN1CCCCC1C1CCCC1O)NC1CC1. The normalized spacial score (nSPS) is 36.4. The summed E-state index contributed by atoms with van der Waals surface area (Å²) in [7, 11) is 0. The summed E-state index contributed by atoms with van der Waals surface area (Å²) in [5, 5.41) is 13.2. The van der Waals surface area contributed by atoms with Gasteiger partial charge in [-0.2, -0.15) is 0 Å². The molecule has 3 aliphatic rings. The van der Waals surface area contributed by atoms with E-state index < -0.39 is 0 Å². The summed E-state index contributed by atoms with van der Waals surface area (Å²) in [4.78, 5) is 14.3. The van der Waals surface area contributed by atoms with E-state index in [0.717, 1.165) is 45.1 Å². The van der Waals surface area contributed by atoms with Gasteiger partial charge in [0.2, 0.25) is 5.91 Å². The largest absolute Gasteiger partial charge is 0.393 e. The van der Waals surface area contributed by atoms with E-state index in [2.05, 4.69) is 10.2 Å². The van der Waals surface area contributed by atoms with Gasteiger partial charge in [0.15, 0.2) is 0 Å². The number of hydrogen-bond acceptors (Lipinski definition) is 3. The van der Waals surface area contributed by atoms with E-state index in [0.29, 0.717) is 24.5 Å². The fraction of sp³-hybridized carbons (Fsp3) is 0.933. The van der Waals surface area contributed by atoms with Crippen LogP contribution in [-0.2, 0) is 4.79 Å². The molecule has 0 bridgehead atoms. The minimum absolute atomic E-state index is 0.142. The molecule has 3 unspecified atom stereocenters. The molecule has 3 atom stereocenters. The Morgan fingerprint density at radius 1 is 1.11 bits per heavy atom. The fourth-order valence-electron chi connectivity index (χ4n) is 3.80. The van der Waals surface area contributed by atoms with Crippen LogP contribution in [0.15, 0.2) is 0 Å². The van der Waals surface area contributed by atoms with Crippen LogP contribution in [0.5, 0.6) is 0 Å². The van der Waals surface area contributed by atoms with Gasteiger partial charge < -0.3 is 10.4 Å². The van der Waals surface area contributed by atoms with Crippen molar-refractivity contribution >= 4 is 5.91 Å². The van der Waals surface area contributed by atoms with E-state index in [9.17, 15) is 9.90 Å². The van der Waals surface area contributed by atoms with Gasteiger partial charge in [-0.25, -0.2) is 0 Å². The molecule has 3 fully saturated rings. The molecule has 2 aliphatic carbocycles. The molecule has 3 rings (SSSR count). The van der Waals surface area contributed by atoms with Gasteiger partial charge in [-0.05, 0) is 45.1 Å². The number of piperidine rings is 1. The number of nitrogens with one attached hydrogen (secondary N) is 1. The second-order valence-electron chi connectivity index (χ2n) is 6.54. The van der Waals surface area contributed by atoms with Crippen molar-refractivity contribution in [3.8, 4) is 0 Å². The van der Waals surface area contributed by atoms with Crippen LogP contribution in [-0.4, -0.2) is 47.2 Å². The summed E-state index contributed by atoms with van der Waals surface area (Å²) in [6.07, 6.45) is 8.97. The molecule has 19 heavy (non-hydrogen) atoms. The van der Waals surface area contributed by atoms with Crippen molar-refractivity contribution in [3.63, 3.8) is 0 Å². The van der Waals surface area contributed by atoms with Gasteiger partial charge in [-0.1, -0.05) is 12.8 Å². The number of aliphatic hydroxyl groups excluding tert-OH is 1. The molecule has 1 amide bonds. The van der Waals surface area contributed by atoms with Crippen molar-refractivity contribution in [2.24, 2.45) is 5.92 Å². The second kappa shape index (κ2) is 5.80. The van der Waals surface area contributed by atoms with Crippen molar-refractivity contribution in [2.75, 3.05) is 13.1 Å². The van der Waals surface area contributed by atoms with E-state index in [1.165, 1.54) is 12.8 Å². The van der Waals surface area contributed by atoms with Gasteiger partial charge in [0.25, 0.3) is 0 Å². The lowest BCUT2D eigenvalue weighted by molar-refractivity contribution is -0.124. The zero-order chi connectivity index (χ0) is 13.2. The highest BCUT2D eigenvalue weighted by molar-refractivity contribution is 5.78. The maximum Gasteiger partial charge on any atom is 0.234 e. The first-order chi connectivity index (χ1) is 9.24. The number of rotatable bonds is 4. The quantitative estimate of drug-likeness (QED) is 0.806. The minimum atomic E-state index is -0.142. The van der Waals surface area contributed by atoms with Gasteiger partial charge in [0.05, 0.1) is 12.6 Å². The summed E-state index contributed by atoms with van der Waals surface area (Å²) in [5.41, 5.74) is 0.